The van der Waals surface area contributed by atoms with Crippen molar-refractivity contribution in [2.24, 2.45) is 7.05 Å². The van der Waals surface area contributed by atoms with Gasteiger partial charge in [0.15, 0.2) is 5.69 Å². The van der Waals surface area contributed by atoms with Crippen LogP contribution in [0.4, 0.5) is 0 Å². The predicted molar refractivity (Wildman–Crippen MR) is 78.4 cm³/mol. The lowest BCUT2D eigenvalue weighted by molar-refractivity contribution is 0.0689. The molecule has 0 atom stereocenters. The summed E-state index contributed by atoms with van der Waals surface area (Å²) in [7, 11) is 3.49. The SMILES string of the molecule is COCC1(c2ccc(-c3cc(C(=O)O)nn3C)cc2)CC1. The number of rotatable bonds is 5. The van der Waals surface area contributed by atoms with Gasteiger partial charge >= 0.3 is 5.97 Å². The molecule has 1 aromatic heterocycles. The van der Waals surface area contributed by atoms with Gasteiger partial charge in [0.2, 0.25) is 0 Å². The molecule has 0 amide bonds. The quantitative estimate of drug-likeness (QED) is 0.917. The van der Waals surface area contributed by atoms with E-state index in [1.807, 2.05) is 12.1 Å². The maximum absolute atomic E-state index is 11.0. The van der Waals surface area contributed by atoms with E-state index in [2.05, 4.69) is 17.2 Å². The van der Waals surface area contributed by atoms with Crippen molar-refractivity contribution in [2.45, 2.75) is 18.3 Å². The largest absolute Gasteiger partial charge is 0.476 e. The monoisotopic (exact) mass is 286 g/mol. The van der Waals surface area contributed by atoms with Crippen LogP contribution in [0.3, 0.4) is 0 Å². The van der Waals surface area contributed by atoms with Gasteiger partial charge in [-0.3, -0.25) is 4.68 Å². The third-order valence-corrected chi connectivity index (χ3v) is 4.17. The van der Waals surface area contributed by atoms with E-state index in [1.54, 1.807) is 24.9 Å². The summed E-state index contributed by atoms with van der Waals surface area (Å²) in [5, 5.41) is 13.0. The maximum atomic E-state index is 11.0. The first-order valence-electron chi connectivity index (χ1n) is 6.93. The molecule has 110 valence electrons. The van der Waals surface area contributed by atoms with Crippen molar-refractivity contribution in [3.8, 4) is 11.3 Å². The lowest BCUT2D eigenvalue weighted by Gasteiger charge is -2.14. The fourth-order valence-electron chi connectivity index (χ4n) is 2.78. The van der Waals surface area contributed by atoms with E-state index in [1.165, 1.54) is 5.56 Å². The molecule has 1 heterocycles. The number of carboxylic acids is 1. The minimum Gasteiger partial charge on any atom is -0.476 e. The zero-order valence-corrected chi connectivity index (χ0v) is 12.2. The van der Waals surface area contributed by atoms with Crippen LogP contribution in [0.2, 0.25) is 0 Å². The number of benzene rings is 1. The molecule has 21 heavy (non-hydrogen) atoms. The van der Waals surface area contributed by atoms with E-state index in [-0.39, 0.29) is 11.1 Å². The summed E-state index contributed by atoms with van der Waals surface area (Å²) in [6, 6.07) is 9.85. The molecule has 0 bridgehead atoms. The van der Waals surface area contributed by atoms with Gasteiger partial charge in [0.05, 0.1) is 12.3 Å². The highest BCUT2D eigenvalue weighted by Crippen LogP contribution is 2.48. The Labute approximate surface area is 123 Å². The number of ether oxygens (including phenoxy) is 1. The standard InChI is InChI=1S/C16H18N2O3/c1-18-14(9-13(17-18)15(19)20)11-3-5-12(6-4-11)16(7-8-16)10-21-2/h3-6,9H,7-8,10H2,1-2H3,(H,19,20). The highest BCUT2D eigenvalue weighted by Gasteiger charge is 2.44. The summed E-state index contributed by atoms with van der Waals surface area (Å²) >= 11 is 0. The molecule has 0 saturated heterocycles. The Morgan fingerprint density at radius 2 is 2.05 bits per heavy atom. The second-order valence-electron chi connectivity index (χ2n) is 5.63. The topological polar surface area (TPSA) is 64.3 Å². The van der Waals surface area contributed by atoms with Gasteiger partial charge in [0.1, 0.15) is 0 Å². The molecule has 0 spiro atoms. The molecule has 1 saturated carbocycles. The number of aryl methyl sites for hydroxylation is 1. The lowest BCUT2D eigenvalue weighted by atomic mass is 9.95. The van der Waals surface area contributed by atoms with Crippen LogP contribution in [0, 0.1) is 0 Å². The van der Waals surface area contributed by atoms with E-state index in [9.17, 15) is 4.79 Å². The molecule has 0 radical (unpaired) electrons. The van der Waals surface area contributed by atoms with Crippen LogP contribution in [0.25, 0.3) is 11.3 Å². The van der Waals surface area contributed by atoms with Crippen LogP contribution in [0.5, 0.6) is 0 Å². The fraction of sp³-hybridized carbons (Fsp3) is 0.375. The number of carboxylic acid groups (broad SMARTS) is 1. The van der Waals surface area contributed by atoms with Gasteiger partial charge in [-0.05, 0) is 30.0 Å². The first-order chi connectivity index (χ1) is 10.1. The number of methoxy groups -OCH3 is 1. The average Bonchev–Trinajstić information content (AvgIpc) is 3.14. The normalized spacial score (nSPS) is 15.9. The second kappa shape index (κ2) is 5.00. The minimum absolute atomic E-state index is 0.0645. The van der Waals surface area contributed by atoms with Gasteiger partial charge in [0, 0.05) is 19.6 Å². The van der Waals surface area contributed by atoms with Crippen LogP contribution < -0.4 is 0 Å². The lowest BCUT2D eigenvalue weighted by Crippen LogP contribution is -2.13. The van der Waals surface area contributed by atoms with Crippen molar-refractivity contribution >= 4 is 5.97 Å². The Kier molecular flexibility index (Phi) is 3.29. The number of aromatic nitrogens is 2. The van der Waals surface area contributed by atoms with E-state index in [4.69, 9.17) is 9.84 Å². The molecular formula is C16H18N2O3. The van der Waals surface area contributed by atoms with Crippen molar-refractivity contribution in [2.75, 3.05) is 13.7 Å². The highest BCUT2D eigenvalue weighted by molar-refractivity contribution is 5.87. The summed E-state index contributed by atoms with van der Waals surface area (Å²) in [5.41, 5.74) is 3.31. The molecule has 5 nitrogen and oxygen atoms in total. The summed E-state index contributed by atoms with van der Waals surface area (Å²) < 4.78 is 6.91. The summed E-state index contributed by atoms with van der Waals surface area (Å²) in [6.07, 6.45) is 2.32. The number of nitrogens with zero attached hydrogens (tertiary/aromatic N) is 2. The summed E-state index contributed by atoms with van der Waals surface area (Å²) in [4.78, 5) is 11.0. The first-order valence-corrected chi connectivity index (χ1v) is 6.93. The molecule has 0 aliphatic heterocycles. The number of aromatic carboxylic acids is 1. The second-order valence-corrected chi connectivity index (χ2v) is 5.63. The molecular weight excluding hydrogens is 268 g/mol. The molecule has 0 unspecified atom stereocenters. The van der Waals surface area contributed by atoms with Crippen LogP contribution in [-0.2, 0) is 17.2 Å². The Morgan fingerprint density at radius 3 is 2.52 bits per heavy atom. The van der Waals surface area contributed by atoms with Gasteiger partial charge in [-0.25, -0.2) is 4.79 Å². The zero-order chi connectivity index (χ0) is 15.0. The zero-order valence-electron chi connectivity index (χ0n) is 12.2. The predicted octanol–water partition coefficient (Wildman–Crippen LogP) is 2.46. The number of carbonyl (C=O) groups is 1. The first kappa shape index (κ1) is 13.8. The molecule has 1 N–H and O–H groups in total. The smallest absolute Gasteiger partial charge is 0.356 e. The van der Waals surface area contributed by atoms with E-state index >= 15 is 0 Å². The van der Waals surface area contributed by atoms with Crippen molar-refractivity contribution in [3.63, 3.8) is 0 Å². The third kappa shape index (κ3) is 2.45. The van der Waals surface area contributed by atoms with Gasteiger partial charge < -0.3 is 9.84 Å². The fourth-order valence-corrected chi connectivity index (χ4v) is 2.78. The van der Waals surface area contributed by atoms with E-state index in [0.717, 1.165) is 30.7 Å². The molecule has 5 heteroatoms. The van der Waals surface area contributed by atoms with Gasteiger partial charge in [-0.15, -0.1) is 0 Å². The molecule has 1 fully saturated rings. The molecule has 3 rings (SSSR count). The van der Waals surface area contributed by atoms with Crippen LogP contribution in [0.15, 0.2) is 30.3 Å². The minimum atomic E-state index is -1.01. The van der Waals surface area contributed by atoms with Gasteiger partial charge in [0.25, 0.3) is 0 Å². The average molecular weight is 286 g/mol. The van der Waals surface area contributed by atoms with Crippen molar-refractivity contribution < 1.29 is 14.6 Å². The summed E-state index contributed by atoms with van der Waals surface area (Å²) in [6.45, 7) is 0.751. The Balaban J connectivity index is 1.89. The number of hydrogen-bond acceptors (Lipinski definition) is 3. The van der Waals surface area contributed by atoms with Gasteiger partial charge in [-0.1, -0.05) is 24.3 Å². The third-order valence-electron chi connectivity index (χ3n) is 4.17. The Hall–Kier alpha value is -2.14. The van der Waals surface area contributed by atoms with Gasteiger partial charge in [-0.2, -0.15) is 5.10 Å². The van der Waals surface area contributed by atoms with Crippen molar-refractivity contribution in [3.05, 3.63) is 41.6 Å². The van der Waals surface area contributed by atoms with Crippen LogP contribution >= 0.6 is 0 Å². The van der Waals surface area contributed by atoms with E-state index in [0.29, 0.717) is 0 Å². The van der Waals surface area contributed by atoms with Crippen LogP contribution in [0.1, 0.15) is 28.9 Å². The highest BCUT2D eigenvalue weighted by atomic mass is 16.5. The van der Waals surface area contributed by atoms with E-state index < -0.39 is 5.97 Å². The summed E-state index contributed by atoms with van der Waals surface area (Å²) in [5.74, 6) is -1.01. The van der Waals surface area contributed by atoms with Crippen LogP contribution in [-0.4, -0.2) is 34.6 Å². The number of hydrogen-bond donors (Lipinski definition) is 1. The molecule has 1 aromatic carbocycles. The maximum Gasteiger partial charge on any atom is 0.356 e. The Morgan fingerprint density at radius 1 is 1.38 bits per heavy atom. The molecule has 2 aromatic rings. The Bertz CT molecular complexity index is 669. The van der Waals surface area contributed by atoms with Crippen molar-refractivity contribution in [1.82, 2.24) is 9.78 Å². The molecule has 1 aliphatic rings. The van der Waals surface area contributed by atoms with Crippen molar-refractivity contribution in [1.29, 1.82) is 0 Å². The molecule has 1 aliphatic carbocycles.